The third kappa shape index (κ3) is 4.08. The first-order valence-corrected chi connectivity index (χ1v) is 4.97. The Bertz CT molecular complexity index is 314. The van der Waals surface area contributed by atoms with Crippen molar-refractivity contribution in [1.82, 2.24) is 10.3 Å². The highest BCUT2D eigenvalue weighted by molar-refractivity contribution is 5.67. The van der Waals surface area contributed by atoms with Gasteiger partial charge in [0.2, 0.25) is 0 Å². The van der Waals surface area contributed by atoms with Crippen molar-refractivity contribution in [3.05, 3.63) is 30.1 Å². The van der Waals surface area contributed by atoms with Crippen LogP contribution in [0.25, 0.3) is 0 Å². The van der Waals surface area contributed by atoms with Crippen LogP contribution in [-0.4, -0.2) is 22.1 Å². The van der Waals surface area contributed by atoms with Crippen molar-refractivity contribution in [3.63, 3.8) is 0 Å². The van der Waals surface area contributed by atoms with Gasteiger partial charge in [0.05, 0.1) is 6.42 Å². The van der Waals surface area contributed by atoms with Gasteiger partial charge >= 0.3 is 5.97 Å². The molecule has 0 spiro atoms. The van der Waals surface area contributed by atoms with Gasteiger partial charge in [0.15, 0.2) is 0 Å². The van der Waals surface area contributed by atoms with Crippen LogP contribution in [0.1, 0.15) is 31.9 Å². The smallest absolute Gasteiger partial charge is 0.304 e. The predicted molar refractivity (Wildman–Crippen MR) is 57.5 cm³/mol. The Morgan fingerprint density at radius 1 is 1.60 bits per heavy atom. The average molecular weight is 208 g/mol. The summed E-state index contributed by atoms with van der Waals surface area (Å²) in [6, 6.07) is 3.92. The number of nitrogens with zero attached hydrogens (tertiary/aromatic N) is 1. The number of aromatic nitrogens is 1. The summed E-state index contributed by atoms with van der Waals surface area (Å²) in [6.45, 7) is 3.86. The fourth-order valence-electron chi connectivity index (χ4n) is 1.48. The first kappa shape index (κ1) is 11.7. The molecular formula is C11H16N2O2. The van der Waals surface area contributed by atoms with E-state index >= 15 is 0 Å². The second-order valence-electron chi connectivity index (χ2n) is 3.67. The zero-order chi connectivity index (χ0) is 11.3. The standard InChI is InChI=1S/C11H16N2O2/c1-8(6-11(14)15)13-9(2)10-4-3-5-12-7-10/h3-5,7-9,13H,6H2,1-2H3,(H,14,15)/t8?,9-/m1/s1. The van der Waals surface area contributed by atoms with Crippen molar-refractivity contribution in [3.8, 4) is 0 Å². The SMILES string of the molecule is CC(CC(=O)O)N[C@H](C)c1cccnc1. The molecule has 0 bridgehead atoms. The van der Waals surface area contributed by atoms with E-state index in [1.165, 1.54) is 0 Å². The molecule has 1 heterocycles. The van der Waals surface area contributed by atoms with E-state index in [4.69, 9.17) is 5.11 Å². The minimum atomic E-state index is -0.784. The Labute approximate surface area is 89.3 Å². The minimum absolute atomic E-state index is 0.0438. The summed E-state index contributed by atoms with van der Waals surface area (Å²) in [4.78, 5) is 14.5. The first-order chi connectivity index (χ1) is 7.09. The monoisotopic (exact) mass is 208 g/mol. The van der Waals surface area contributed by atoms with Crippen molar-refractivity contribution < 1.29 is 9.90 Å². The number of nitrogens with one attached hydrogen (secondary N) is 1. The van der Waals surface area contributed by atoms with Crippen LogP contribution in [0.15, 0.2) is 24.5 Å². The highest BCUT2D eigenvalue weighted by atomic mass is 16.4. The quantitative estimate of drug-likeness (QED) is 0.771. The second kappa shape index (κ2) is 5.46. The number of aliphatic carboxylic acids is 1. The molecule has 0 aliphatic heterocycles. The molecule has 0 fully saturated rings. The topological polar surface area (TPSA) is 62.2 Å². The molecule has 0 radical (unpaired) electrons. The van der Waals surface area contributed by atoms with Crippen LogP contribution >= 0.6 is 0 Å². The van der Waals surface area contributed by atoms with E-state index in [9.17, 15) is 4.79 Å². The van der Waals surface area contributed by atoms with Crippen LogP contribution in [0.5, 0.6) is 0 Å². The number of carboxylic acids is 1. The first-order valence-electron chi connectivity index (χ1n) is 4.97. The van der Waals surface area contributed by atoms with Gasteiger partial charge in [0.25, 0.3) is 0 Å². The molecule has 82 valence electrons. The molecule has 1 aromatic rings. The lowest BCUT2D eigenvalue weighted by molar-refractivity contribution is -0.137. The molecule has 0 saturated carbocycles. The van der Waals surface area contributed by atoms with Crippen LogP contribution in [-0.2, 0) is 4.79 Å². The maximum absolute atomic E-state index is 10.5. The maximum Gasteiger partial charge on any atom is 0.304 e. The van der Waals surface area contributed by atoms with Crippen molar-refractivity contribution in [1.29, 1.82) is 0 Å². The van der Waals surface area contributed by atoms with Crippen molar-refractivity contribution in [2.45, 2.75) is 32.4 Å². The molecule has 0 aliphatic rings. The molecule has 1 rings (SSSR count). The van der Waals surface area contributed by atoms with Crippen LogP contribution in [0, 0.1) is 0 Å². The van der Waals surface area contributed by atoms with Gasteiger partial charge in [-0.2, -0.15) is 0 Å². The average Bonchev–Trinajstić information content (AvgIpc) is 2.17. The van der Waals surface area contributed by atoms with E-state index in [0.717, 1.165) is 5.56 Å². The van der Waals surface area contributed by atoms with Crippen LogP contribution in [0.4, 0.5) is 0 Å². The molecule has 4 nitrogen and oxygen atoms in total. The summed E-state index contributed by atoms with van der Waals surface area (Å²) in [5.74, 6) is -0.784. The molecule has 0 saturated heterocycles. The number of hydrogen-bond donors (Lipinski definition) is 2. The Morgan fingerprint density at radius 3 is 2.87 bits per heavy atom. The van der Waals surface area contributed by atoms with Crippen LogP contribution < -0.4 is 5.32 Å². The summed E-state index contributed by atoms with van der Waals surface area (Å²) < 4.78 is 0. The number of hydrogen-bond acceptors (Lipinski definition) is 3. The lowest BCUT2D eigenvalue weighted by Crippen LogP contribution is -2.30. The van der Waals surface area contributed by atoms with E-state index < -0.39 is 5.97 Å². The Kier molecular flexibility index (Phi) is 4.24. The summed E-state index contributed by atoms with van der Waals surface area (Å²) in [5, 5.41) is 11.8. The Hall–Kier alpha value is -1.42. The second-order valence-corrected chi connectivity index (χ2v) is 3.67. The third-order valence-corrected chi connectivity index (χ3v) is 2.20. The van der Waals surface area contributed by atoms with Gasteiger partial charge in [-0.15, -0.1) is 0 Å². The van der Waals surface area contributed by atoms with E-state index in [1.807, 2.05) is 26.0 Å². The Morgan fingerprint density at radius 2 is 2.33 bits per heavy atom. The molecule has 0 amide bonds. The van der Waals surface area contributed by atoms with E-state index in [2.05, 4.69) is 10.3 Å². The number of carboxylic acid groups (broad SMARTS) is 1. The van der Waals surface area contributed by atoms with Crippen LogP contribution in [0.3, 0.4) is 0 Å². The molecule has 1 aromatic heterocycles. The molecule has 1 unspecified atom stereocenters. The zero-order valence-corrected chi connectivity index (χ0v) is 8.97. The minimum Gasteiger partial charge on any atom is -0.481 e. The van der Waals surface area contributed by atoms with E-state index in [1.54, 1.807) is 12.4 Å². The molecule has 0 aliphatic carbocycles. The molecule has 15 heavy (non-hydrogen) atoms. The molecule has 0 aromatic carbocycles. The molecular weight excluding hydrogens is 192 g/mol. The summed E-state index contributed by atoms with van der Waals surface area (Å²) in [5.41, 5.74) is 1.06. The number of rotatable bonds is 5. The van der Waals surface area contributed by atoms with Gasteiger partial charge in [-0.25, -0.2) is 0 Å². The molecule has 2 N–H and O–H groups in total. The van der Waals surface area contributed by atoms with Gasteiger partial charge in [-0.3, -0.25) is 9.78 Å². The zero-order valence-electron chi connectivity index (χ0n) is 8.97. The fraction of sp³-hybridized carbons (Fsp3) is 0.455. The highest BCUT2D eigenvalue weighted by Crippen LogP contribution is 2.11. The van der Waals surface area contributed by atoms with Gasteiger partial charge in [0, 0.05) is 24.5 Å². The van der Waals surface area contributed by atoms with Gasteiger partial charge in [0.1, 0.15) is 0 Å². The van der Waals surface area contributed by atoms with Gasteiger partial charge in [-0.1, -0.05) is 6.07 Å². The van der Waals surface area contributed by atoms with Crippen molar-refractivity contribution >= 4 is 5.97 Å². The molecule has 4 heteroatoms. The van der Waals surface area contributed by atoms with Gasteiger partial charge in [-0.05, 0) is 25.5 Å². The Balaban J connectivity index is 2.49. The van der Waals surface area contributed by atoms with E-state index in [0.29, 0.717) is 0 Å². The number of pyridine rings is 1. The lowest BCUT2D eigenvalue weighted by atomic mass is 10.1. The lowest BCUT2D eigenvalue weighted by Gasteiger charge is -2.18. The summed E-state index contributed by atoms with van der Waals surface area (Å²) in [7, 11) is 0. The largest absolute Gasteiger partial charge is 0.481 e. The van der Waals surface area contributed by atoms with Crippen LogP contribution in [0.2, 0.25) is 0 Å². The van der Waals surface area contributed by atoms with Crippen molar-refractivity contribution in [2.75, 3.05) is 0 Å². The maximum atomic E-state index is 10.5. The third-order valence-electron chi connectivity index (χ3n) is 2.20. The highest BCUT2D eigenvalue weighted by Gasteiger charge is 2.11. The normalized spacial score (nSPS) is 14.5. The van der Waals surface area contributed by atoms with Crippen molar-refractivity contribution in [2.24, 2.45) is 0 Å². The number of carbonyl (C=O) groups is 1. The van der Waals surface area contributed by atoms with Gasteiger partial charge < -0.3 is 10.4 Å². The summed E-state index contributed by atoms with van der Waals surface area (Å²) >= 11 is 0. The summed E-state index contributed by atoms with van der Waals surface area (Å²) in [6.07, 6.45) is 3.63. The molecule has 2 atom stereocenters. The fourth-order valence-corrected chi connectivity index (χ4v) is 1.48. The predicted octanol–water partition coefficient (Wildman–Crippen LogP) is 1.60. The van der Waals surface area contributed by atoms with E-state index in [-0.39, 0.29) is 18.5 Å².